The van der Waals surface area contributed by atoms with Crippen LogP contribution in [0.3, 0.4) is 0 Å². The van der Waals surface area contributed by atoms with Crippen LogP contribution in [0.25, 0.3) is 5.57 Å². The summed E-state index contributed by atoms with van der Waals surface area (Å²) in [5.74, 6) is -1.07. The molecule has 2 rings (SSSR count). The number of benzene rings is 1. The molecule has 1 N–H and O–H groups in total. The molecule has 1 aliphatic heterocycles. The molecule has 0 spiro atoms. The van der Waals surface area contributed by atoms with Gasteiger partial charge in [0.25, 0.3) is 17.5 Å². The number of carbonyl (C=O) groups excluding carboxylic acids is 2. The Morgan fingerprint density at radius 2 is 2.00 bits per heavy atom. The zero-order valence-electron chi connectivity index (χ0n) is 8.27. The molecule has 0 unspecified atom stereocenters. The van der Waals surface area contributed by atoms with Gasteiger partial charge in [0.15, 0.2) is 0 Å². The lowest BCUT2D eigenvalue weighted by Crippen LogP contribution is -2.21. The summed E-state index contributed by atoms with van der Waals surface area (Å²) in [4.78, 5) is 32.5. The van der Waals surface area contributed by atoms with E-state index in [4.69, 9.17) is 0 Å². The summed E-state index contributed by atoms with van der Waals surface area (Å²) in [7, 11) is 0. The van der Waals surface area contributed by atoms with Crippen molar-refractivity contribution in [2.24, 2.45) is 0 Å². The van der Waals surface area contributed by atoms with Crippen molar-refractivity contribution in [3.8, 4) is 0 Å². The van der Waals surface area contributed by atoms with E-state index in [9.17, 15) is 19.7 Å². The first-order valence-corrected chi connectivity index (χ1v) is 5.29. The van der Waals surface area contributed by atoms with E-state index in [0.29, 0.717) is 10.0 Å². The van der Waals surface area contributed by atoms with Gasteiger partial charge in [-0.05, 0) is 27.6 Å². The number of nitrogens with one attached hydrogen (secondary N) is 1. The number of imide groups is 1. The fraction of sp³-hybridized carbons (Fsp3) is 0. The number of hydrogen-bond donors (Lipinski definition) is 1. The lowest BCUT2D eigenvalue weighted by Gasteiger charge is -2.01. The van der Waals surface area contributed by atoms with E-state index < -0.39 is 16.7 Å². The third kappa shape index (κ3) is 2.09. The molecule has 1 aliphatic rings. The maximum atomic E-state index is 11.4. The van der Waals surface area contributed by atoms with Crippen LogP contribution in [0.2, 0.25) is 0 Å². The van der Waals surface area contributed by atoms with Crippen molar-refractivity contribution in [3.63, 3.8) is 0 Å². The molecule has 1 aromatic carbocycles. The van der Waals surface area contributed by atoms with Crippen LogP contribution in [0.4, 0.5) is 5.69 Å². The molecule has 2 amide bonds. The molecular weight excluding hydrogens is 292 g/mol. The number of nitro groups is 1. The van der Waals surface area contributed by atoms with Gasteiger partial charge in [-0.3, -0.25) is 25.0 Å². The van der Waals surface area contributed by atoms with Crippen molar-refractivity contribution in [1.29, 1.82) is 0 Å². The third-order valence-corrected chi connectivity index (χ3v) is 2.88. The molecule has 0 radical (unpaired) electrons. The highest BCUT2D eigenvalue weighted by Gasteiger charge is 2.24. The Bertz CT molecular complexity index is 580. The molecular formula is C10H5BrN2O4. The highest BCUT2D eigenvalue weighted by molar-refractivity contribution is 9.10. The van der Waals surface area contributed by atoms with Crippen molar-refractivity contribution >= 4 is 39.0 Å². The molecule has 17 heavy (non-hydrogen) atoms. The van der Waals surface area contributed by atoms with Gasteiger partial charge in [0.1, 0.15) is 0 Å². The fourth-order valence-electron chi connectivity index (χ4n) is 1.45. The fourth-order valence-corrected chi connectivity index (χ4v) is 1.84. The molecule has 0 atom stereocenters. The van der Waals surface area contributed by atoms with E-state index in [2.05, 4.69) is 21.2 Å². The van der Waals surface area contributed by atoms with Gasteiger partial charge in [0.05, 0.1) is 15.0 Å². The molecule has 0 bridgehead atoms. The summed E-state index contributed by atoms with van der Waals surface area (Å²) >= 11 is 3.04. The quantitative estimate of drug-likeness (QED) is 0.507. The molecule has 0 aliphatic carbocycles. The van der Waals surface area contributed by atoms with Crippen molar-refractivity contribution in [2.45, 2.75) is 0 Å². The van der Waals surface area contributed by atoms with Gasteiger partial charge in [-0.15, -0.1) is 0 Å². The number of nitrogens with zero attached hydrogens (tertiary/aromatic N) is 1. The van der Waals surface area contributed by atoms with Crippen molar-refractivity contribution in [2.75, 3.05) is 0 Å². The SMILES string of the molecule is O=C1C=C(c2ccc(Br)c([N+](=O)[O-])c2)C(=O)N1. The molecule has 1 aromatic rings. The van der Waals surface area contributed by atoms with Gasteiger partial charge in [0, 0.05) is 12.1 Å². The van der Waals surface area contributed by atoms with Gasteiger partial charge in [-0.25, -0.2) is 0 Å². The second-order valence-corrected chi connectivity index (χ2v) is 4.15. The summed E-state index contributed by atoms with van der Waals surface area (Å²) < 4.78 is 0.316. The summed E-state index contributed by atoms with van der Waals surface area (Å²) in [6, 6.07) is 4.24. The molecule has 0 saturated carbocycles. The smallest absolute Gasteiger partial charge is 0.284 e. The zero-order valence-corrected chi connectivity index (χ0v) is 9.85. The number of amides is 2. The first kappa shape index (κ1) is 11.5. The Balaban J connectivity index is 2.51. The minimum absolute atomic E-state index is 0.130. The number of carbonyl (C=O) groups is 2. The predicted molar refractivity (Wildman–Crippen MR) is 61.9 cm³/mol. The number of rotatable bonds is 2. The van der Waals surface area contributed by atoms with E-state index >= 15 is 0 Å². The van der Waals surface area contributed by atoms with Crippen LogP contribution in [0.1, 0.15) is 5.56 Å². The topological polar surface area (TPSA) is 89.3 Å². The third-order valence-electron chi connectivity index (χ3n) is 2.21. The van der Waals surface area contributed by atoms with E-state index in [1.807, 2.05) is 0 Å². The predicted octanol–water partition coefficient (Wildman–Crippen LogP) is 1.40. The van der Waals surface area contributed by atoms with E-state index in [0.717, 1.165) is 6.08 Å². The highest BCUT2D eigenvalue weighted by Crippen LogP contribution is 2.29. The molecule has 86 valence electrons. The molecule has 1 heterocycles. The first-order valence-electron chi connectivity index (χ1n) is 4.50. The van der Waals surface area contributed by atoms with Crippen LogP contribution >= 0.6 is 15.9 Å². The number of halogens is 1. The minimum atomic E-state index is -0.567. The van der Waals surface area contributed by atoms with Crippen molar-refractivity contribution in [3.05, 3.63) is 44.4 Å². The lowest BCUT2D eigenvalue weighted by atomic mass is 10.1. The van der Waals surface area contributed by atoms with Gasteiger partial charge in [0.2, 0.25) is 0 Å². The molecule has 6 nitrogen and oxygen atoms in total. The Morgan fingerprint density at radius 1 is 1.29 bits per heavy atom. The van der Waals surface area contributed by atoms with E-state index in [1.54, 1.807) is 0 Å². The van der Waals surface area contributed by atoms with Crippen LogP contribution in [-0.2, 0) is 9.59 Å². The Kier molecular flexibility index (Phi) is 2.76. The van der Waals surface area contributed by atoms with E-state index in [1.165, 1.54) is 18.2 Å². The second kappa shape index (κ2) is 4.10. The Labute approximate surface area is 104 Å². The van der Waals surface area contributed by atoms with Gasteiger partial charge >= 0.3 is 0 Å². The normalized spacial score (nSPS) is 14.5. The zero-order chi connectivity index (χ0) is 12.6. The second-order valence-electron chi connectivity index (χ2n) is 3.30. The molecule has 0 saturated heterocycles. The first-order chi connectivity index (χ1) is 7.99. The molecule has 0 fully saturated rings. The monoisotopic (exact) mass is 296 g/mol. The summed E-state index contributed by atoms with van der Waals surface area (Å²) in [5.41, 5.74) is 0.310. The Hall–Kier alpha value is -2.02. The maximum absolute atomic E-state index is 11.4. The van der Waals surface area contributed by atoms with Crippen LogP contribution < -0.4 is 5.32 Å². The number of nitro benzene ring substituents is 1. The molecule has 7 heteroatoms. The average molecular weight is 297 g/mol. The van der Waals surface area contributed by atoms with Crippen molar-refractivity contribution in [1.82, 2.24) is 5.32 Å². The van der Waals surface area contributed by atoms with Crippen LogP contribution in [0.5, 0.6) is 0 Å². The van der Waals surface area contributed by atoms with Crippen LogP contribution in [0, 0.1) is 10.1 Å². The summed E-state index contributed by atoms with van der Waals surface area (Å²) in [5, 5.41) is 12.8. The lowest BCUT2D eigenvalue weighted by molar-refractivity contribution is -0.385. The molecule has 0 aromatic heterocycles. The summed E-state index contributed by atoms with van der Waals surface area (Å²) in [6.07, 6.45) is 1.12. The van der Waals surface area contributed by atoms with Crippen LogP contribution in [-0.4, -0.2) is 16.7 Å². The van der Waals surface area contributed by atoms with Gasteiger partial charge in [-0.1, -0.05) is 6.07 Å². The summed E-state index contributed by atoms with van der Waals surface area (Å²) in [6.45, 7) is 0. The minimum Gasteiger partial charge on any atom is -0.289 e. The van der Waals surface area contributed by atoms with Crippen LogP contribution in [0.15, 0.2) is 28.7 Å². The van der Waals surface area contributed by atoms with Gasteiger partial charge in [-0.2, -0.15) is 0 Å². The maximum Gasteiger partial charge on any atom is 0.284 e. The van der Waals surface area contributed by atoms with Gasteiger partial charge < -0.3 is 0 Å². The van der Waals surface area contributed by atoms with E-state index in [-0.39, 0.29) is 11.3 Å². The van der Waals surface area contributed by atoms with Crippen molar-refractivity contribution < 1.29 is 14.5 Å². The standard InChI is InChI=1S/C10H5BrN2O4/c11-7-2-1-5(3-8(7)13(16)17)6-4-9(14)12-10(6)15/h1-4H,(H,12,14,15). The number of hydrogen-bond acceptors (Lipinski definition) is 4. The largest absolute Gasteiger partial charge is 0.289 e. The Morgan fingerprint density at radius 3 is 2.53 bits per heavy atom. The average Bonchev–Trinajstić information content (AvgIpc) is 2.58. The highest BCUT2D eigenvalue weighted by atomic mass is 79.9.